The smallest absolute Gasteiger partial charge is 0.286 e. The lowest BCUT2D eigenvalue weighted by atomic mass is 10.0. The zero-order chi connectivity index (χ0) is 18.2. The Morgan fingerprint density at radius 1 is 1.04 bits per heavy atom. The maximum atomic E-state index is 12.0. The monoisotopic (exact) mass is 429 g/mol. The number of nitrogens with zero attached hydrogens (tertiary/aromatic N) is 4. The molecule has 2 heterocycles. The van der Waals surface area contributed by atoms with E-state index in [1.807, 2.05) is 30.3 Å². The van der Waals surface area contributed by atoms with Gasteiger partial charge in [0.05, 0.1) is 0 Å². The number of aromatic nitrogens is 2. The van der Waals surface area contributed by atoms with Crippen LogP contribution >= 0.6 is 24.8 Å². The van der Waals surface area contributed by atoms with E-state index in [9.17, 15) is 4.79 Å². The van der Waals surface area contributed by atoms with Crippen LogP contribution in [0.2, 0.25) is 0 Å². The molecule has 0 aliphatic carbocycles. The van der Waals surface area contributed by atoms with Gasteiger partial charge < -0.3 is 9.42 Å². The minimum Gasteiger partial charge on any atom is -0.380 e. The molecule has 9 heteroatoms. The molecule has 156 valence electrons. The fourth-order valence-corrected chi connectivity index (χ4v) is 3.28. The van der Waals surface area contributed by atoms with Crippen molar-refractivity contribution in [2.24, 2.45) is 0 Å². The summed E-state index contributed by atoms with van der Waals surface area (Å²) in [5.41, 5.74) is 0.908. The minimum absolute atomic E-state index is 0. The molecule has 1 aromatic carbocycles. The van der Waals surface area contributed by atoms with Gasteiger partial charge in [0, 0.05) is 38.2 Å². The largest absolute Gasteiger partial charge is 0.380 e. The molecule has 0 spiro atoms. The molecule has 0 atom stereocenters. The van der Waals surface area contributed by atoms with Gasteiger partial charge in [-0.05, 0) is 24.7 Å². The molecule has 28 heavy (non-hydrogen) atoms. The molecule has 3 rings (SSSR count). The van der Waals surface area contributed by atoms with Gasteiger partial charge in [-0.1, -0.05) is 48.0 Å². The first kappa shape index (κ1) is 24.2. The summed E-state index contributed by atoms with van der Waals surface area (Å²) in [6.07, 6.45) is 6.66. The molecule has 1 aliphatic heterocycles. The average Bonchev–Trinajstić information content (AvgIpc) is 3.12. The fraction of sp³-hybridized carbons (Fsp3) is 0.526. The Hall–Kier alpha value is -1.83. The second-order valence-electron chi connectivity index (χ2n) is 6.74. The van der Waals surface area contributed by atoms with E-state index in [0.29, 0.717) is 6.42 Å². The van der Waals surface area contributed by atoms with Crippen LogP contribution in [0, 0.1) is 5.41 Å². The van der Waals surface area contributed by atoms with Crippen molar-refractivity contribution in [2.45, 2.75) is 32.1 Å². The molecule has 1 saturated heterocycles. The van der Waals surface area contributed by atoms with Gasteiger partial charge in [0.1, 0.15) is 0 Å². The van der Waals surface area contributed by atoms with E-state index >= 15 is 0 Å². The summed E-state index contributed by atoms with van der Waals surface area (Å²) in [5.74, 6) is 0.253. The maximum Gasteiger partial charge on any atom is 0.286 e. The van der Waals surface area contributed by atoms with Gasteiger partial charge in [0.15, 0.2) is 5.78 Å². The van der Waals surface area contributed by atoms with E-state index in [4.69, 9.17) is 9.93 Å². The van der Waals surface area contributed by atoms with Crippen molar-refractivity contribution in [1.29, 1.82) is 5.41 Å². The van der Waals surface area contributed by atoms with Crippen molar-refractivity contribution >= 4 is 30.6 Å². The SMILES string of the molecule is Cl.Cl.N=c1c[n+](N2CCN(CCCCCCC(=O)c3ccccc3)CC2)[n-]o1. The Labute approximate surface area is 178 Å². The Balaban J connectivity index is 0.00000196. The molecule has 0 saturated carbocycles. The minimum atomic E-state index is 0. The third kappa shape index (κ3) is 7.30. The van der Waals surface area contributed by atoms with Crippen LogP contribution in [0.25, 0.3) is 0 Å². The predicted octanol–water partition coefficient (Wildman–Crippen LogP) is 1.93. The number of halogens is 2. The first-order chi connectivity index (χ1) is 12.7. The van der Waals surface area contributed by atoms with Gasteiger partial charge in [0.25, 0.3) is 11.8 Å². The number of unbranched alkanes of at least 4 members (excludes halogenated alkanes) is 3. The lowest BCUT2D eigenvalue weighted by Crippen LogP contribution is -2.66. The zero-order valence-corrected chi connectivity index (χ0v) is 17.6. The van der Waals surface area contributed by atoms with Gasteiger partial charge in [-0.15, -0.1) is 24.8 Å². The Morgan fingerprint density at radius 2 is 1.71 bits per heavy atom. The van der Waals surface area contributed by atoms with Crippen LogP contribution in [-0.4, -0.2) is 43.4 Å². The van der Waals surface area contributed by atoms with Crippen molar-refractivity contribution in [2.75, 3.05) is 37.7 Å². The van der Waals surface area contributed by atoms with Crippen LogP contribution in [0.4, 0.5) is 0 Å². The van der Waals surface area contributed by atoms with Crippen molar-refractivity contribution in [3.05, 3.63) is 47.6 Å². The number of carbonyl (C=O) groups is 1. The van der Waals surface area contributed by atoms with E-state index in [-0.39, 0.29) is 36.2 Å². The van der Waals surface area contributed by atoms with Crippen LogP contribution < -0.4 is 20.6 Å². The first-order valence-electron chi connectivity index (χ1n) is 9.38. The number of hydrogen-bond acceptors (Lipinski definition) is 5. The third-order valence-corrected chi connectivity index (χ3v) is 4.82. The van der Waals surface area contributed by atoms with Crippen molar-refractivity contribution < 1.29 is 14.1 Å². The van der Waals surface area contributed by atoms with Crippen LogP contribution in [0.1, 0.15) is 42.5 Å². The van der Waals surface area contributed by atoms with Crippen LogP contribution in [0.3, 0.4) is 0 Å². The lowest BCUT2D eigenvalue weighted by Gasteiger charge is -2.35. The maximum absolute atomic E-state index is 12.0. The molecule has 1 aliphatic rings. The normalized spacial score (nSPS) is 14.2. The Bertz CT molecular complexity index is 742. The molecule has 2 aromatic rings. The van der Waals surface area contributed by atoms with E-state index in [1.54, 1.807) is 11.0 Å². The van der Waals surface area contributed by atoms with Crippen molar-refractivity contribution in [3.63, 3.8) is 0 Å². The summed E-state index contributed by atoms with van der Waals surface area (Å²) in [6.45, 7) is 4.89. The molecule has 0 amide bonds. The number of benzene rings is 1. The quantitative estimate of drug-likeness (QED) is 0.374. The number of piperazine rings is 1. The molecule has 1 fully saturated rings. The highest BCUT2D eigenvalue weighted by Gasteiger charge is 2.17. The topological polar surface area (TPSA) is 78.5 Å². The van der Waals surface area contributed by atoms with Crippen LogP contribution in [0.5, 0.6) is 0 Å². The number of carbonyl (C=O) groups excluding carboxylic acids is 1. The summed E-state index contributed by atoms with van der Waals surface area (Å²) < 4.78 is 4.79. The van der Waals surface area contributed by atoms with Crippen LogP contribution in [0.15, 0.2) is 41.1 Å². The van der Waals surface area contributed by atoms with Gasteiger partial charge in [0.2, 0.25) is 0 Å². The molecule has 0 unspecified atom stereocenters. The molecular formula is C19H29Cl2N5O2. The summed E-state index contributed by atoms with van der Waals surface area (Å²) in [4.78, 5) is 16.1. The van der Waals surface area contributed by atoms with Crippen molar-refractivity contribution in [1.82, 2.24) is 10.2 Å². The van der Waals surface area contributed by atoms with E-state index in [2.05, 4.69) is 15.2 Å². The molecule has 0 radical (unpaired) electrons. The first-order valence-corrected chi connectivity index (χ1v) is 9.38. The van der Waals surface area contributed by atoms with E-state index < -0.39 is 0 Å². The molecule has 1 N–H and O–H groups in total. The molecule has 7 nitrogen and oxygen atoms in total. The molecule has 0 bridgehead atoms. The van der Waals surface area contributed by atoms with E-state index in [0.717, 1.165) is 51.1 Å². The molecular weight excluding hydrogens is 401 g/mol. The Morgan fingerprint density at radius 3 is 2.36 bits per heavy atom. The standard InChI is InChI=1S/C19H27N5O2.2ClH/c20-19-16-24(21-26-19)23-14-12-22(13-15-23)11-7-2-1-6-10-18(25)17-8-4-3-5-9-17;;/h3-5,8-9,16,20H,1-2,6-7,10-15H2;2*1H. The fourth-order valence-electron chi connectivity index (χ4n) is 3.28. The summed E-state index contributed by atoms with van der Waals surface area (Å²) in [7, 11) is 0. The van der Waals surface area contributed by atoms with Gasteiger partial charge >= 0.3 is 0 Å². The second-order valence-corrected chi connectivity index (χ2v) is 6.74. The highest BCUT2D eigenvalue weighted by molar-refractivity contribution is 5.95. The lowest BCUT2D eigenvalue weighted by molar-refractivity contribution is -0.764. The van der Waals surface area contributed by atoms with Gasteiger partial charge in [-0.25, -0.2) is 0 Å². The average molecular weight is 430 g/mol. The summed E-state index contributed by atoms with van der Waals surface area (Å²) >= 11 is 0. The number of Topliss-reactive ketones (excluding diaryl/α,β-unsaturated/α-hetero) is 1. The van der Waals surface area contributed by atoms with Gasteiger partial charge in [-0.2, -0.15) is 0 Å². The summed E-state index contributed by atoms with van der Waals surface area (Å²) in [5, 5.41) is 13.3. The third-order valence-electron chi connectivity index (χ3n) is 4.82. The zero-order valence-electron chi connectivity index (χ0n) is 16.0. The highest BCUT2D eigenvalue weighted by Crippen LogP contribution is 2.10. The number of rotatable bonds is 9. The van der Waals surface area contributed by atoms with Gasteiger partial charge in [-0.3, -0.25) is 15.2 Å². The Kier molecular flexibility index (Phi) is 10.9. The molecule has 1 aromatic heterocycles. The van der Waals surface area contributed by atoms with Crippen molar-refractivity contribution in [3.8, 4) is 0 Å². The number of nitrogens with one attached hydrogen (secondary N) is 1. The second kappa shape index (κ2) is 12.6. The summed E-state index contributed by atoms with van der Waals surface area (Å²) in [6, 6.07) is 9.56. The van der Waals surface area contributed by atoms with E-state index in [1.165, 1.54) is 12.8 Å². The predicted molar refractivity (Wildman–Crippen MR) is 111 cm³/mol. The highest BCUT2D eigenvalue weighted by atomic mass is 35.5. The number of ketones is 1. The number of hydrogen-bond donors (Lipinski definition) is 1. The van der Waals surface area contributed by atoms with Crippen LogP contribution in [-0.2, 0) is 0 Å².